The molecule has 1 atom stereocenters. The first-order chi connectivity index (χ1) is 11.2. The first-order valence-corrected chi connectivity index (χ1v) is 7.82. The van der Waals surface area contributed by atoms with E-state index in [1.165, 1.54) is 0 Å². The quantitative estimate of drug-likeness (QED) is 0.877. The number of likely N-dealkylation sites (N-methyl/N-ethyl adjacent to an activating group) is 1. The minimum atomic E-state index is -0.0247. The minimum Gasteiger partial charge on any atom is -0.334 e. The summed E-state index contributed by atoms with van der Waals surface area (Å²) in [6.45, 7) is 4.55. The van der Waals surface area contributed by atoms with E-state index in [0.717, 1.165) is 30.9 Å². The van der Waals surface area contributed by atoms with Gasteiger partial charge in [-0.25, -0.2) is 0 Å². The molecule has 1 aliphatic rings. The number of benzene rings is 1. The van der Waals surface area contributed by atoms with E-state index in [9.17, 15) is 4.79 Å². The fraction of sp³-hybridized carbons (Fsp3) is 0.438. The highest BCUT2D eigenvalue weighted by Gasteiger charge is 2.25. The second-order valence-electron chi connectivity index (χ2n) is 5.64. The van der Waals surface area contributed by atoms with E-state index in [2.05, 4.69) is 32.7 Å². The van der Waals surface area contributed by atoms with E-state index in [0.29, 0.717) is 18.1 Å². The molecule has 3 rings (SSSR count). The van der Waals surface area contributed by atoms with E-state index in [-0.39, 0.29) is 24.4 Å². The van der Waals surface area contributed by atoms with Crippen LogP contribution in [0.5, 0.6) is 0 Å². The zero-order chi connectivity index (χ0) is 16.2. The van der Waals surface area contributed by atoms with Crippen molar-refractivity contribution in [3.05, 3.63) is 30.1 Å². The number of amides is 1. The number of anilines is 1. The van der Waals surface area contributed by atoms with Crippen LogP contribution in [-0.4, -0.2) is 47.6 Å². The Morgan fingerprint density at radius 1 is 1.50 bits per heavy atom. The topological polar surface area (TPSA) is 83.3 Å². The molecule has 130 valence electrons. The molecule has 0 aliphatic carbocycles. The molecule has 8 heteroatoms. The molecular weight excluding hydrogens is 330 g/mol. The summed E-state index contributed by atoms with van der Waals surface area (Å²) in [5.74, 6) is 1.12. The maximum atomic E-state index is 11.5. The molecule has 1 fully saturated rings. The number of hydrogen-bond donors (Lipinski definition) is 2. The smallest absolute Gasteiger partial charge is 0.258 e. The summed E-state index contributed by atoms with van der Waals surface area (Å²) in [5.41, 5.74) is 1.52. The molecule has 1 aromatic carbocycles. The van der Waals surface area contributed by atoms with Crippen molar-refractivity contribution in [2.24, 2.45) is 0 Å². The number of nitrogens with zero attached hydrogens (tertiary/aromatic N) is 3. The van der Waals surface area contributed by atoms with Gasteiger partial charge in [-0.05, 0) is 25.2 Å². The number of hydrogen-bond acceptors (Lipinski definition) is 6. The zero-order valence-electron chi connectivity index (χ0n) is 13.8. The third-order valence-electron chi connectivity index (χ3n) is 3.97. The average Bonchev–Trinajstić information content (AvgIpc) is 3.05. The molecule has 2 N–H and O–H groups in total. The molecule has 1 aliphatic heterocycles. The molecule has 0 spiro atoms. The fourth-order valence-electron chi connectivity index (χ4n) is 2.56. The summed E-state index contributed by atoms with van der Waals surface area (Å²) in [6, 6.07) is 7.55. The highest BCUT2D eigenvalue weighted by Crippen LogP contribution is 2.24. The van der Waals surface area contributed by atoms with E-state index < -0.39 is 0 Å². The van der Waals surface area contributed by atoms with Gasteiger partial charge in [0.2, 0.25) is 5.91 Å². The van der Waals surface area contributed by atoms with Gasteiger partial charge >= 0.3 is 0 Å². The van der Waals surface area contributed by atoms with Crippen molar-refractivity contribution in [2.45, 2.75) is 19.4 Å². The number of rotatable bonds is 4. The van der Waals surface area contributed by atoms with Crippen LogP contribution in [0.3, 0.4) is 0 Å². The van der Waals surface area contributed by atoms with Crippen molar-refractivity contribution >= 4 is 24.0 Å². The largest absolute Gasteiger partial charge is 0.334 e. The van der Waals surface area contributed by atoms with Gasteiger partial charge < -0.3 is 15.2 Å². The number of aromatic nitrogens is 2. The molecule has 1 aromatic heterocycles. The summed E-state index contributed by atoms with van der Waals surface area (Å²) in [6.07, 6.45) is 0.440. The van der Waals surface area contributed by atoms with Gasteiger partial charge in [0.15, 0.2) is 5.82 Å². The van der Waals surface area contributed by atoms with Crippen LogP contribution in [0.1, 0.15) is 25.2 Å². The SMILES string of the molecule is CCC(=O)Nc1cccc(-c2nc(C3CNCCN3C)no2)c1.Cl. The van der Waals surface area contributed by atoms with Gasteiger partial charge in [0.1, 0.15) is 0 Å². The summed E-state index contributed by atoms with van der Waals surface area (Å²) >= 11 is 0. The maximum absolute atomic E-state index is 11.5. The Balaban J connectivity index is 0.00000208. The predicted octanol–water partition coefficient (Wildman–Crippen LogP) is 2.08. The second kappa shape index (κ2) is 8.23. The number of piperazine rings is 1. The minimum absolute atomic E-state index is 0. The van der Waals surface area contributed by atoms with Gasteiger partial charge in [-0.2, -0.15) is 4.98 Å². The fourth-order valence-corrected chi connectivity index (χ4v) is 2.56. The van der Waals surface area contributed by atoms with Gasteiger partial charge in [0, 0.05) is 37.3 Å². The lowest BCUT2D eigenvalue weighted by atomic mass is 10.2. The van der Waals surface area contributed by atoms with Crippen LogP contribution in [0.2, 0.25) is 0 Å². The van der Waals surface area contributed by atoms with Gasteiger partial charge in [-0.15, -0.1) is 12.4 Å². The predicted molar refractivity (Wildman–Crippen MR) is 94.1 cm³/mol. The molecule has 0 radical (unpaired) electrons. The molecule has 0 saturated carbocycles. The first kappa shape index (κ1) is 18.4. The summed E-state index contributed by atoms with van der Waals surface area (Å²) < 4.78 is 5.41. The van der Waals surface area contributed by atoms with Crippen molar-refractivity contribution in [1.82, 2.24) is 20.4 Å². The van der Waals surface area contributed by atoms with E-state index in [1.54, 1.807) is 0 Å². The second-order valence-corrected chi connectivity index (χ2v) is 5.64. The summed E-state index contributed by atoms with van der Waals surface area (Å²) in [4.78, 5) is 18.2. The van der Waals surface area contributed by atoms with Crippen LogP contribution in [0, 0.1) is 0 Å². The Kier molecular flexibility index (Phi) is 6.30. The van der Waals surface area contributed by atoms with Crippen LogP contribution in [0.15, 0.2) is 28.8 Å². The third-order valence-corrected chi connectivity index (χ3v) is 3.97. The molecule has 1 unspecified atom stereocenters. The molecule has 24 heavy (non-hydrogen) atoms. The van der Waals surface area contributed by atoms with Gasteiger partial charge in [-0.1, -0.05) is 18.1 Å². The molecule has 7 nitrogen and oxygen atoms in total. The molecule has 0 bridgehead atoms. The van der Waals surface area contributed by atoms with E-state index in [4.69, 9.17) is 4.52 Å². The Bertz CT molecular complexity index is 691. The normalized spacial score (nSPS) is 18.0. The molecule has 1 saturated heterocycles. The Hall–Kier alpha value is -1.96. The highest BCUT2D eigenvalue weighted by molar-refractivity contribution is 5.91. The standard InChI is InChI=1S/C16H21N5O2.ClH/c1-3-14(22)18-12-6-4-5-11(9-12)16-19-15(20-23-16)13-10-17-7-8-21(13)2;/h4-6,9,13,17H,3,7-8,10H2,1-2H3,(H,18,22);1H. The van der Waals surface area contributed by atoms with Crippen LogP contribution in [-0.2, 0) is 4.79 Å². The molecular formula is C16H22ClN5O2. The Labute approximate surface area is 147 Å². The van der Waals surface area contributed by atoms with Crippen molar-refractivity contribution < 1.29 is 9.32 Å². The summed E-state index contributed by atoms with van der Waals surface area (Å²) in [5, 5.41) is 10.3. The maximum Gasteiger partial charge on any atom is 0.258 e. The van der Waals surface area contributed by atoms with Crippen LogP contribution >= 0.6 is 12.4 Å². The van der Waals surface area contributed by atoms with Crippen LogP contribution in [0.4, 0.5) is 5.69 Å². The number of nitrogens with one attached hydrogen (secondary N) is 2. The monoisotopic (exact) mass is 351 g/mol. The van der Waals surface area contributed by atoms with Gasteiger partial charge in [0.25, 0.3) is 5.89 Å². The van der Waals surface area contributed by atoms with Crippen LogP contribution < -0.4 is 10.6 Å². The lowest BCUT2D eigenvalue weighted by Gasteiger charge is -2.30. The Morgan fingerprint density at radius 2 is 2.33 bits per heavy atom. The van der Waals surface area contributed by atoms with E-state index >= 15 is 0 Å². The lowest BCUT2D eigenvalue weighted by Crippen LogP contribution is -2.44. The van der Waals surface area contributed by atoms with Crippen LogP contribution in [0.25, 0.3) is 11.5 Å². The highest BCUT2D eigenvalue weighted by atomic mass is 35.5. The average molecular weight is 352 g/mol. The first-order valence-electron chi connectivity index (χ1n) is 7.82. The molecule has 2 heterocycles. The number of carbonyl (C=O) groups is 1. The van der Waals surface area contributed by atoms with Crippen molar-refractivity contribution in [1.29, 1.82) is 0 Å². The molecule has 1 amide bonds. The van der Waals surface area contributed by atoms with Crippen molar-refractivity contribution in [3.63, 3.8) is 0 Å². The van der Waals surface area contributed by atoms with Gasteiger partial charge in [-0.3, -0.25) is 9.69 Å². The van der Waals surface area contributed by atoms with E-state index in [1.807, 2.05) is 31.2 Å². The number of carbonyl (C=O) groups excluding carboxylic acids is 1. The third kappa shape index (κ3) is 4.11. The van der Waals surface area contributed by atoms with Gasteiger partial charge in [0.05, 0.1) is 6.04 Å². The summed E-state index contributed by atoms with van der Waals surface area (Å²) in [7, 11) is 2.06. The van der Waals surface area contributed by atoms with Crippen molar-refractivity contribution in [2.75, 3.05) is 32.0 Å². The van der Waals surface area contributed by atoms with Crippen molar-refractivity contribution in [3.8, 4) is 11.5 Å². The lowest BCUT2D eigenvalue weighted by molar-refractivity contribution is -0.115. The Morgan fingerprint density at radius 3 is 3.08 bits per heavy atom. The molecule has 2 aromatic rings. The zero-order valence-corrected chi connectivity index (χ0v) is 14.6. The number of halogens is 1.